The molecule has 0 radical (unpaired) electrons. The SMILES string of the molecule is COc1ccc(N2C[C@H](C(=O)NCc3n[nH]c(=O)c4ccccc34)CC2=O)cc1. The molecule has 0 unspecified atom stereocenters. The minimum atomic E-state index is -0.446. The summed E-state index contributed by atoms with van der Waals surface area (Å²) in [6.45, 7) is 0.486. The molecule has 3 aromatic rings. The van der Waals surface area contributed by atoms with Crippen LogP contribution in [0.5, 0.6) is 5.75 Å². The molecule has 4 rings (SSSR count). The topological polar surface area (TPSA) is 104 Å². The van der Waals surface area contributed by atoms with Crippen molar-refractivity contribution in [2.75, 3.05) is 18.6 Å². The van der Waals surface area contributed by atoms with Crippen LogP contribution in [-0.4, -0.2) is 35.7 Å². The number of methoxy groups -OCH3 is 1. The summed E-state index contributed by atoms with van der Waals surface area (Å²) in [5.41, 5.74) is 1.04. The quantitative estimate of drug-likeness (QED) is 0.686. The monoisotopic (exact) mass is 392 g/mol. The largest absolute Gasteiger partial charge is 0.497 e. The molecule has 1 aromatic heterocycles. The fraction of sp³-hybridized carbons (Fsp3) is 0.238. The summed E-state index contributed by atoms with van der Waals surface area (Å²) in [6.07, 6.45) is 0.150. The molecular formula is C21H20N4O4. The number of nitrogens with one attached hydrogen (secondary N) is 2. The predicted molar refractivity (Wildman–Crippen MR) is 108 cm³/mol. The van der Waals surface area contributed by atoms with Gasteiger partial charge in [-0.1, -0.05) is 18.2 Å². The van der Waals surface area contributed by atoms with Crippen molar-refractivity contribution in [1.82, 2.24) is 15.5 Å². The lowest BCUT2D eigenvalue weighted by molar-refractivity contribution is -0.126. The van der Waals surface area contributed by atoms with Crippen LogP contribution in [0, 0.1) is 5.92 Å². The summed E-state index contributed by atoms with van der Waals surface area (Å²) in [5, 5.41) is 10.6. The van der Waals surface area contributed by atoms with Gasteiger partial charge in [0.05, 0.1) is 30.7 Å². The van der Waals surface area contributed by atoms with Crippen molar-refractivity contribution in [3.8, 4) is 5.75 Å². The second-order valence-electron chi connectivity index (χ2n) is 6.87. The number of anilines is 1. The van der Waals surface area contributed by atoms with Crippen LogP contribution in [-0.2, 0) is 16.1 Å². The zero-order chi connectivity index (χ0) is 20.4. The number of rotatable bonds is 5. The number of carbonyl (C=O) groups is 2. The molecule has 2 aromatic carbocycles. The minimum absolute atomic E-state index is 0.0945. The Hall–Kier alpha value is -3.68. The summed E-state index contributed by atoms with van der Waals surface area (Å²) >= 11 is 0. The first-order valence-corrected chi connectivity index (χ1v) is 9.25. The first kappa shape index (κ1) is 18.7. The highest BCUT2D eigenvalue weighted by atomic mass is 16.5. The highest BCUT2D eigenvalue weighted by molar-refractivity contribution is 6.00. The van der Waals surface area contributed by atoms with E-state index in [0.717, 1.165) is 5.69 Å². The Kier molecular flexibility index (Phi) is 4.99. The van der Waals surface area contributed by atoms with Crippen molar-refractivity contribution < 1.29 is 14.3 Å². The lowest BCUT2D eigenvalue weighted by Crippen LogP contribution is -2.33. The summed E-state index contributed by atoms with van der Waals surface area (Å²) in [6, 6.07) is 14.3. The van der Waals surface area contributed by atoms with Crippen molar-refractivity contribution in [2.24, 2.45) is 5.92 Å². The Bertz CT molecular complexity index is 1120. The summed E-state index contributed by atoms with van der Waals surface area (Å²) in [5.74, 6) is -0.0525. The molecule has 0 saturated carbocycles. The highest BCUT2D eigenvalue weighted by Crippen LogP contribution is 2.27. The van der Waals surface area contributed by atoms with Gasteiger partial charge in [-0.2, -0.15) is 5.10 Å². The van der Waals surface area contributed by atoms with Gasteiger partial charge in [0.1, 0.15) is 5.75 Å². The van der Waals surface area contributed by atoms with Gasteiger partial charge in [-0.25, -0.2) is 5.10 Å². The maximum absolute atomic E-state index is 12.6. The van der Waals surface area contributed by atoms with Gasteiger partial charge < -0.3 is 15.0 Å². The number of nitrogens with zero attached hydrogens (tertiary/aromatic N) is 2. The number of ether oxygens (including phenoxy) is 1. The van der Waals surface area contributed by atoms with Crippen LogP contribution in [0.2, 0.25) is 0 Å². The predicted octanol–water partition coefficient (Wildman–Crippen LogP) is 1.60. The van der Waals surface area contributed by atoms with Crippen molar-refractivity contribution in [3.63, 3.8) is 0 Å². The van der Waals surface area contributed by atoms with Gasteiger partial charge >= 0.3 is 0 Å². The first-order valence-electron chi connectivity index (χ1n) is 9.25. The zero-order valence-electron chi connectivity index (χ0n) is 15.8. The zero-order valence-corrected chi connectivity index (χ0v) is 15.8. The van der Waals surface area contributed by atoms with Crippen molar-refractivity contribution >= 4 is 28.3 Å². The molecule has 1 saturated heterocycles. The average Bonchev–Trinajstić information content (AvgIpc) is 3.15. The van der Waals surface area contributed by atoms with Crippen LogP contribution in [0.4, 0.5) is 5.69 Å². The lowest BCUT2D eigenvalue weighted by Gasteiger charge is -2.17. The number of hydrogen-bond acceptors (Lipinski definition) is 5. The fourth-order valence-electron chi connectivity index (χ4n) is 3.52. The van der Waals surface area contributed by atoms with E-state index in [4.69, 9.17) is 4.74 Å². The Balaban J connectivity index is 1.44. The molecule has 0 aliphatic carbocycles. The third-order valence-electron chi connectivity index (χ3n) is 5.08. The van der Waals surface area contributed by atoms with E-state index in [2.05, 4.69) is 15.5 Å². The number of H-pyrrole nitrogens is 1. The van der Waals surface area contributed by atoms with Crippen LogP contribution < -0.4 is 20.5 Å². The van der Waals surface area contributed by atoms with Gasteiger partial charge in [0.2, 0.25) is 11.8 Å². The van der Waals surface area contributed by atoms with Gasteiger partial charge in [-0.3, -0.25) is 14.4 Å². The van der Waals surface area contributed by atoms with Gasteiger partial charge in [0, 0.05) is 24.0 Å². The maximum atomic E-state index is 12.6. The van der Waals surface area contributed by atoms with Crippen LogP contribution in [0.25, 0.3) is 10.8 Å². The number of fused-ring (bicyclic) bond motifs is 1. The van der Waals surface area contributed by atoms with E-state index in [1.807, 2.05) is 6.07 Å². The Morgan fingerprint density at radius 2 is 1.90 bits per heavy atom. The molecule has 148 valence electrons. The number of aromatic nitrogens is 2. The number of aromatic amines is 1. The average molecular weight is 392 g/mol. The van der Waals surface area contributed by atoms with E-state index < -0.39 is 5.92 Å². The number of benzene rings is 2. The minimum Gasteiger partial charge on any atom is -0.497 e. The molecular weight excluding hydrogens is 372 g/mol. The summed E-state index contributed by atoms with van der Waals surface area (Å²) in [4.78, 5) is 38.5. The number of carbonyl (C=O) groups excluding carboxylic acids is 2. The molecule has 8 heteroatoms. The third kappa shape index (κ3) is 3.69. The van der Waals surface area contributed by atoms with Gasteiger partial charge in [0.15, 0.2) is 0 Å². The molecule has 1 aliphatic rings. The van der Waals surface area contributed by atoms with E-state index in [9.17, 15) is 14.4 Å². The van der Waals surface area contributed by atoms with E-state index in [1.54, 1.807) is 54.5 Å². The van der Waals surface area contributed by atoms with Gasteiger partial charge in [0.25, 0.3) is 5.56 Å². The lowest BCUT2D eigenvalue weighted by atomic mass is 10.1. The summed E-state index contributed by atoms with van der Waals surface area (Å²) < 4.78 is 5.13. The second-order valence-corrected chi connectivity index (χ2v) is 6.87. The smallest absolute Gasteiger partial charge is 0.272 e. The molecule has 1 aliphatic heterocycles. The molecule has 2 N–H and O–H groups in total. The molecule has 2 amide bonds. The number of amides is 2. The maximum Gasteiger partial charge on any atom is 0.272 e. The van der Waals surface area contributed by atoms with Crippen molar-refractivity contribution in [2.45, 2.75) is 13.0 Å². The van der Waals surface area contributed by atoms with Crippen molar-refractivity contribution in [3.05, 3.63) is 64.6 Å². The molecule has 29 heavy (non-hydrogen) atoms. The van der Waals surface area contributed by atoms with E-state index >= 15 is 0 Å². The van der Waals surface area contributed by atoms with E-state index in [-0.39, 0.29) is 30.3 Å². The Labute approximate surface area is 166 Å². The standard InChI is InChI=1S/C21H20N4O4/c1-29-15-8-6-14(7-9-15)25-12-13(10-19(25)26)20(27)22-11-18-16-4-2-3-5-17(16)21(28)24-23-18/h2-9,13H,10-12H2,1H3,(H,22,27)(H,24,28)/t13-/m1/s1. The molecule has 8 nitrogen and oxygen atoms in total. The Morgan fingerprint density at radius 3 is 2.62 bits per heavy atom. The van der Waals surface area contributed by atoms with Crippen molar-refractivity contribution in [1.29, 1.82) is 0 Å². The Morgan fingerprint density at radius 1 is 1.17 bits per heavy atom. The molecule has 0 spiro atoms. The van der Waals surface area contributed by atoms with Crippen LogP contribution in [0.15, 0.2) is 53.3 Å². The number of hydrogen-bond donors (Lipinski definition) is 2. The summed E-state index contributed by atoms with van der Waals surface area (Å²) in [7, 11) is 1.58. The third-order valence-corrected chi connectivity index (χ3v) is 5.08. The van der Waals surface area contributed by atoms with Crippen LogP contribution in [0.3, 0.4) is 0 Å². The first-order chi connectivity index (χ1) is 14.1. The van der Waals surface area contributed by atoms with E-state index in [1.165, 1.54) is 0 Å². The van der Waals surface area contributed by atoms with Gasteiger partial charge in [-0.05, 0) is 30.3 Å². The van der Waals surface area contributed by atoms with Crippen LogP contribution >= 0.6 is 0 Å². The molecule has 1 fully saturated rings. The normalized spacial score (nSPS) is 16.2. The second kappa shape index (κ2) is 7.75. The molecule has 1 atom stereocenters. The molecule has 2 heterocycles. The van der Waals surface area contributed by atoms with E-state index in [0.29, 0.717) is 28.8 Å². The fourth-order valence-corrected chi connectivity index (χ4v) is 3.52. The molecule has 0 bridgehead atoms. The van der Waals surface area contributed by atoms with Gasteiger partial charge in [-0.15, -0.1) is 0 Å². The van der Waals surface area contributed by atoms with Crippen LogP contribution in [0.1, 0.15) is 12.1 Å². The highest BCUT2D eigenvalue weighted by Gasteiger charge is 2.35.